The normalized spacial score (nSPS) is 10.1. The summed E-state index contributed by atoms with van der Waals surface area (Å²) in [6.07, 6.45) is 0. The fourth-order valence-corrected chi connectivity index (χ4v) is 2.46. The fourth-order valence-electron chi connectivity index (χ4n) is 1.79. The first-order valence-electron chi connectivity index (χ1n) is 7.04. The van der Waals surface area contributed by atoms with E-state index in [2.05, 4.69) is 21.2 Å². The lowest BCUT2D eigenvalue weighted by Gasteiger charge is -2.09. The Morgan fingerprint density at radius 1 is 1.17 bits per heavy atom. The summed E-state index contributed by atoms with van der Waals surface area (Å²) in [7, 11) is 0. The number of benzene rings is 2. The highest BCUT2D eigenvalue weighted by Crippen LogP contribution is 2.22. The van der Waals surface area contributed by atoms with Crippen molar-refractivity contribution in [3.8, 4) is 5.75 Å². The first-order chi connectivity index (χ1) is 11.4. The lowest BCUT2D eigenvalue weighted by atomic mass is 10.2. The number of esters is 1. The molecule has 0 radical (unpaired) electrons. The zero-order valence-electron chi connectivity index (χ0n) is 12.8. The van der Waals surface area contributed by atoms with Crippen LogP contribution in [0.1, 0.15) is 5.56 Å². The number of amides is 1. The van der Waals surface area contributed by atoms with E-state index >= 15 is 0 Å². The third kappa shape index (κ3) is 5.86. The van der Waals surface area contributed by atoms with Crippen LogP contribution in [0, 0.1) is 6.92 Å². The number of carbonyl (C=O) groups is 2. The molecule has 1 N–H and O–H groups in total. The molecule has 0 heterocycles. The number of rotatable bonds is 6. The van der Waals surface area contributed by atoms with E-state index in [4.69, 9.17) is 21.1 Å². The van der Waals surface area contributed by atoms with Gasteiger partial charge in [0.05, 0.1) is 10.7 Å². The number of nitrogens with one attached hydrogen (secondary N) is 1. The molecule has 0 aliphatic rings. The van der Waals surface area contributed by atoms with E-state index in [1.54, 1.807) is 30.3 Å². The molecule has 2 rings (SSSR count). The molecule has 2 aromatic rings. The van der Waals surface area contributed by atoms with Gasteiger partial charge in [-0.2, -0.15) is 0 Å². The Bertz CT molecular complexity index is 751. The van der Waals surface area contributed by atoms with Crippen LogP contribution in [0.5, 0.6) is 5.75 Å². The highest BCUT2D eigenvalue weighted by atomic mass is 79.9. The van der Waals surface area contributed by atoms with Gasteiger partial charge in [-0.1, -0.05) is 39.7 Å². The van der Waals surface area contributed by atoms with Crippen molar-refractivity contribution in [1.29, 1.82) is 0 Å². The largest absolute Gasteiger partial charge is 0.482 e. The van der Waals surface area contributed by atoms with Crippen LogP contribution in [-0.2, 0) is 14.3 Å². The minimum atomic E-state index is -0.639. The van der Waals surface area contributed by atoms with Crippen molar-refractivity contribution >= 4 is 45.1 Å². The van der Waals surface area contributed by atoms with Crippen molar-refractivity contribution in [3.63, 3.8) is 0 Å². The topological polar surface area (TPSA) is 64.6 Å². The first-order valence-corrected chi connectivity index (χ1v) is 8.21. The summed E-state index contributed by atoms with van der Waals surface area (Å²) >= 11 is 9.32. The smallest absolute Gasteiger partial charge is 0.344 e. The standard InChI is InChI=1S/C17H15BrClNO4/c1-11-5-6-15(14(19)7-11)20-16(21)9-24-17(22)10-23-13-4-2-3-12(18)8-13/h2-8H,9-10H2,1H3,(H,20,21). The molecule has 5 nitrogen and oxygen atoms in total. The lowest BCUT2D eigenvalue weighted by Crippen LogP contribution is -2.23. The molecule has 0 saturated carbocycles. The van der Waals surface area contributed by atoms with Gasteiger partial charge in [0.15, 0.2) is 13.2 Å². The van der Waals surface area contributed by atoms with Crippen LogP contribution in [0.15, 0.2) is 46.9 Å². The molecule has 0 aliphatic heterocycles. The van der Waals surface area contributed by atoms with Crippen LogP contribution in [0.25, 0.3) is 0 Å². The maximum absolute atomic E-state index is 11.8. The van der Waals surface area contributed by atoms with Crippen molar-refractivity contribution in [1.82, 2.24) is 0 Å². The van der Waals surface area contributed by atoms with E-state index < -0.39 is 18.5 Å². The van der Waals surface area contributed by atoms with Crippen molar-refractivity contribution in [2.45, 2.75) is 6.92 Å². The third-order valence-corrected chi connectivity index (χ3v) is 3.72. The summed E-state index contributed by atoms with van der Waals surface area (Å²) < 4.78 is 11.0. The van der Waals surface area contributed by atoms with Crippen LogP contribution < -0.4 is 10.1 Å². The number of halogens is 2. The van der Waals surface area contributed by atoms with Gasteiger partial charge in [-0.25, -0.2) is 4.79 Å². The van der Waals surface area contributed by atoms with E-state index in [0.29, 0.717) is 16.5 Å². The van der Waals surface area contributed by atoms with Crippen molar-refractivity contribution in [2.75, 3.05) is 18.5 Å². The molecule has 0 fully saturated rings. The molecule has 0 aliphatic carbocycles. The summed E-state index contributed by atoms with van der Waals surface area (Å²) in [4.78, 5) is 23.4. The second kappa shape index (κ2) is 8.70. The van der Waals surface area contributed by atoms with Crippen molar-refractivity contribution < 1.29 is 19.1 Å². The van der Waals surface area contributed by atoms with Gasteiger partial charge in [-0.3, -0.25) is 4.79 Å². The molecule has 0 saturated heterocycles. The van der Waals surface area contributed by atoms with Crippen LogP contribution in [0.2, 0.25) is 5.02 Å². The molecular weight excluding hydrogens is 398 g/mol. The highest BCUT2D eigenvalue weighted by molar-refractivity contribution is 9.10. The Morgan fingerprint density at radius 2 is 1.96 bits per heavy atom. The molecule has 7 heteroatoms. The van der Waals surface area contributed by atoms with Gasteiger partial charge in [0, 0.05) is 4.47 Å². The predicted octanol–water partition coefficient (Wildman–Crippen LogP) is 3.97. The minimum absolute atomic E-state index is 0.283. The molecular formula is C17H15BrClNO4. The quantitative estimate of drug-likeness (QED) is 0.729. The zero-order valence-corrected chi connectivity index (χ0v) is 15.2. The SMILES string of the molecule is Cc1ccc(NC(=O)COC(=O)COc2cccc(Br)c2)c(Cl)c1. The predicted molar refractivity (Wildman–Crippen MR) is 95.4 cm³/mol. The van der Waals surface area contributed by atoms with Gasteiger partial charge in [0.2, 0.25) is 0 Å². The van der Waals surface area contributed by atoms with Gasteiger partial charge >= 0.3 is 5.97 Å². The highest BCUT2D eigenvalue weighted by Gasteiger charge is 2.10. The second-order valence-corrected chi connectivity index (χ2v) is 6.26. The summed E-state index contributed by atoms with van der Waals surface area (Å²) in [5.74, 6) is -0.589. The second-order valence-electron chi connectivity index (χ2n) is 4.94. The van der Waals surface area contributed by atoms with Gasteiger partial charge in [-0.15, -0.1) is 0 Å². The van der Waals surface area contributed by atoms with Crippen LogP contribution >= 0.6 is 27.5 Å². The molecule has 2 aromatic carbocycles. The van der Waals surface area contributed by atoms with Gasteiger partial charge < -0.3 is 14.8 Å². The summed E-state index contributed by atoms with van der Waals surface area (Å²) in [5, 5.41) is 3.00. The molecule has 0 aromatic heterocycles. The monoisotopic (exact) mass is 411 g/mol. The Kier molecular flexibility index (Phi) is 6.63. The average Bonchev–Trinajstić information content (AvgIpc) is 2.54. The fraction of sp³-hybridized carbons (Fsp3) is 0.176. The van der Waals surface area contributed by atoms with Gasteiger partial charge in [-0.05, 0) is 42.8 Å². The number of anilines is 1. The van der Waals surface area contributed by atoms with E-state index in [-0.39, 0.29) is 6.61 Å². The molecule has 126 valence electrons. The summed E-state index contributed by atoms with van der Waals surface area (Å²) in [6, 6.07) is 12.3. The molecule has 0 atom stereocenters. The molecule has 0 spiro atoms. The maximum Gasteiger partial charge on any atom is 0.344 e. The van der Waals surface area contributed by atoms with Crippen LogP contribution in [0.4, 0.5) is 5.69 Å². The molecule has 24 heavy (non-hydrogen) atoms. The van der Waals surface area contributed by atoms with E-state index in [1.807, 2.05) is 19.1 Å². The van der Waals surface area contributed by atoms with Crippen molar-refractivity contribution in [2.24, 2.45) is 0 Å². The number of hydrogen-bond donors (Lipinski definition) is 1. The minimum Gasteiger partial charge on any atom is -0.482 e. The van der Waals surface area contributed by atoms with E-state index in [1.165, 1.54) is 0 Å². The summed E-state index contributed by atoms with van der Waals surface area (Å²) in [6.45, 7) is 1.20. The first kappa shape index (κ1) is 18.3. The zero-order chi connectivity index (χ0) is 17.5. The number of carbonyl (C=O) groups excluding carboxylic acids is 2. The van der Waals surface area contributed by atoms with E-state index in [0.717, 1.165) is 10.0 Å². The number of hydrogen-bond acceptors (Lipinski definition) is 4. The Morgan fingerprint density at radius 3 is 2.67 bits per heavy atom. The lowest BCUT2D eigenvalue weighted by molar-refractivity contribution is -0.149. The number of aryl methyl sites for hydroxylation is 1. The molecule has 0 unspecified atom stereocenters. The van der Waals surface area contributed by atoms with Crippen LogP contribution in [0.3, 0.4) is 0 Å². The van der Waals surface area contributed by atoms with Gasteiger partial charge in [0.25, 0.3) is 5.91 Å². The third-order valence-electron chi connectivity index (χ3n) is 2.92. The Balaban J connectivity index is 1.75. The van der Waals surface area contributed by atoms with Gasteiger partial charge in [0.1, 0.15) is 5.75 Å². The molecule has 1 amide bonds. The average molecular weight is 413 g/mol. The number of ether oxygens (including phenoxy) is 2. The Labute approximate surface area is 153 Å². The van der Waals surface area contributed by atoms with Crippen LogP contribution in [-0.4, -0.2) is 25.1 Å². The maximum atomic E-state index is 11.8. The van der Waals surface area contributed by atoms with E-state index in [9.17, 15) is 9.59 Å². The summed E-state index contributed by atoms with van der Waals surface area (Å²) in [5.41, 5.74) is 1.45. The molecule has 0 bridgehead atoms. The Hall–Kier alpha value is -2.05. The van der Waals surface area contributed by atoms with Crippen molar-refractivity contribution in [3.05, 3.63) is 57.5 Å².